The van der Waals surface area contributed by atoms with E-state index in [0.29, 0.717) is 6.42 Å². The van der Waals surface area contributed by atoms with Gasteiger partial charge in [-0.15, -0.1) is 0 Å². The maximum Gasteiger partial charge on any atom is 0.347 e. The SMILES string of the molecule is CCC(N)C(=O)N[C@@H](C)P(=O)(O)O. The van der Waals surface area contributed by atoms with Crippen molar-refractivity contribution in [2.75, 3.05) is 0 Å². The molecule has 0 saturated carbocycles. The van der Waals surface area contributed by atoms with Gasteiger partial charge in [-0.25, -0.2) is 0 Å². The number of rotatable bonds is 4. The zero-order chi connectivity index (χ0) is 10.6. The molecule has 2 atom stereocenters. The van der Waals surface area contributed by atoms with Gasteiger partial charge in [0.2, 0.25) is 5.91 Å². The third kappa shape index (κ3) is 4.38. The topological polar surface area (TPSA) is 113 Å². The molecule has 0 radical (unpaired) electrons. The predicted octanol–water partition coefficient (Wildman–Crippen LogP) is -0.636. The van der Waals surface area contributed by atoms with E-state index in [1.54, 1.807) is 6.92 Å². The number of hydrogen-bond acceptors (Lipinski definition) is 3. The zero-order valence-corrected chi connectivity index (χ0v) is 8.49. The minimum absolute atomic E-state index is 0.430. The van der Waals surface area contributed by atoms with Crippen LogP contribution in [0.25, 0.3) is 0 Å². The molecule has 13 heavy (non-hydrogen) atoms. The maximum atomic E-state index is 11.1. The van der Waals surface area contributed by atoms with Crippen molar-refractivity contribution in [1.29, 1.82) is 0 Å². The third-order valence-corrected chi connectivity index (χ3v) is 2.77. The highest BCUT2D eigenvalue weighted by atomic mass is 31.2. The van der Waals surface area contributed by atoms with Gasteiger partial charge in [-0.1, -0.05) is 6.92 Å². The fraction of sp³-hybridized carbons (Fsp3) is 0.833. The highest BCUT2D eigenvalue weighted by Gasteiger charge is 2.26. The van der Waals surface area contributed by atoms with Crippen molar-refractivity contribution in [1.82, 2.24) is 5.32 Å². The molecule has 0 fully saturated rings. The smallest absolute Gasteiger partial charge is 0.341 e. The largest absolute Gasteiger partial charge is 0.347 e. The maximum absolute atomic E-state index is 11.1. The van der Waals surface area contributed by atoms with Gasteiger partial charge < -0.3 is 20.8 Å². The molecular weight excluding hydrogens is 195 g/mol. The fourth-order valence-corrected chi connectivity index (χ4v) is 0.878. The minimum atomic E-state index is -4.25. The molecule has 7 heteroatoms. The van der Waals surface area contributed by atoms with Crippen LogP contribution >= 0.6 is 7.60 Å². The van der Waals surface area contributed by atoms with Crippen LogP contribution < -0.4 is 11.1 Å². The zero-order valence-electron chi connectivity index (χ0n) is 7.60. The van der Waals surface area contributed by atoms with Gasteiger partial charge in [0.25, 0.3) is 0 Å². The molecule has 0 rings (SSSR count). The molecule has 0 heterocycles. The van der Waals surface area contributed by atoms with Gasteiger partial charge in [0.15, 0.2) is 0 Å². The lowest BCUT2D eigenvalue weighted by molar-refractivity contribution is -0.122. The Morgan fingerprint density at radius 2 is 2.08 bits per heavy atom. The van der Waals surface area contributed by atoms with E-state index in [1.165, 1.54) is 6.92 Å². The third-order valence-electron chi connectivity index (χ3n) is 1.63. The van der Waals surface area contributed by atoms with Crippen LogP contribution in [0.1, 0.15) is 20.3 Å². The molecule has 0 bridgehead atoms. The average molecular weight is 210 g/mol. The molecule has 0 aliphatic carbocycles. The van der Waals surface area contributed by atoms with E-state index in [2.05, 4.69) is 5.32 Å². The summed E-state index contributed by atoms with van der Waals surface area (Å²) in [5.41, 5.74) is 5.34. The Morgan fingerprint density at radius 1 is 1.62 bits per heavy atom. The van der Waals surface area contributed by atoms with E-state index in [1.807, 2.05) is 0 Å². The van der Waals surface area contributed by atoms with Crippen LogP contribution in [-0.2, 0) is 9.36 Å². The predicted molar refractivity (Wildman–Crippen MR) is 47.9 cm³/mol. The van der Waals surface area contributed by atoms with Gasteiger partial charge in [0.1, 0.15) is 5.78 Å². The summed E-state index contributed by atoms with van der Waals surface area (Å²) in [6, 6.07) is -0.714. The molecule has 0 aromatic carbocycles. The van der Waals surface area contributed by atoms with E-state index >= 15 is 0 Å². The van der Waals surface area contributed by atoms with E-state index in [-0.39, 0.29) is 0 Å². The first-order chi connectivity index (χ1) is 5.79. The lowest BCUT2D eigenvalue weighted by Crippen LogP contribution is -2.43. The first-order valence-electron chi connectivity index (χ1n) is 3.90. The highest BCUT2D eigenvalue weighted by Crippen LogP contribution is 2.38. The first-order valence-corrected chi connectivity index (χ1v) is 5.58. The van der Waals surface area contributed by atoms with Crippen molar-refractivity contribution < 1.29 is 19.1 Å². The molecule has 1 amide bonds. The number of amides is 1. The Labute approximate surface area is 76.7 Å². The van der Waals surface area contributed by atoms with Crippen molar-refractivity contribution in [3.8, 4) is 0 Å². The van der Waals surface area contributed by atoms with E-state index in [9.17, 15) is 9.36 Å². The Kier molecular flexibility index (Phi) is 4.56. The number of carbonyl (C=O) groups excluding carboxylic acids is 1. The van der Waals surface area contributed by atoms with Gasteiger partial charge in [0, 0.05) is 0 Å². The summed E-state index contributed by atoms with van der Waals surface area (Å²) in [4.78, 5) is 28.3. The van der Waals surface area contributed by atoms with Crippen LogP contribution in [-0.4, -0.2) is 27.5 Å². The highest BCUT2D eigenvalue weighted by molar-refractivity contribution is 7.52. The summed E-state index contributed by atoms with van der Waals surface area (Å²) < 4.78 is 10.6. The minimum Gasteiger partial charge on any atom is -0.341 e. The quantitative estimate of drug-likeness (QED) is 0.461. The standard InChI is InChI=1S/C6H15N2O4P/c1-3-5(7)6(9)8-4(2)13(10,11)12/h4-5H,3,7H2,1-2H3,(H,8,9)(H2,10,11,12)/t4-,5?/m1/s1. The number of nitrogens with one attached hydrogen (secondary N) is 1. The Balaban J connectivity index is 4.15. The van der Waals surface area contributed by atoms with Gasteiger partial charge in [0.05, 0.1) is 6.04 Å². The van der Waals surface area contributed by atoms with Crippen LogP contribution in [0.15, 0.2) is 0 Å². The van der Waals surface area contributed by atoms with Crippen molar-refractivity contribution in [2.24, 2.45) is 5.73 Å². The van der Waals surface area contributed by atoms with Crippen LogP contribution in [0.4, 0.5) is 0 Å². The van der Waals surface area contributed by atoms with Crippen molar-refractivity contribution >= 4 is 13.5 Å². The summed E-state index contributed by atoms with van der Waals surface area (Å²) in [7, 11) is -4.25. The molecule has 5 N–H and O–H groups in total. The van der Waals surface area contributed by atoms with Crippen molar-refractivity contribution in [2.45, 2.75) is 32.1 Å². The number of nitrogens with two attached hydrogens (primary N) is 1. The van der Waals surface area contributed by atoms with Crippen LogP contribution in [0.3, 0.4) is 0 Å². The summed E-state index contributed by atoms with van der Waals surface area (Å²) in [6.07, 6.45) is 0.430. The Morgan fingerprint density at radius 3 is 2.38 bits per heavy atom. The molecule has 78 valence electrons. The van der Waals surface area contributed by atoms with Gasteiger partial charge in [-0.2, -0.15) is 0 Å². The molecule has 0 aliphatic heterocycles. The normalized spacial score (nSPS) is 16.4. The molecule has 0 aromatic heterocycles. The molecule has 0 saturated heterocycles. The van der Waals surface area contributed by atoms with Crippen molar-refractivity contribution in [3.05, 3.63) is 0 Å². The second kappa shape index (κ2) is 4.72. The lowest BCUT2D eigenvalue weighted by Gasteiger charge is -2.17. The van der Waals surface area contributed by atoms with E-state index in [4.69, 9.17) is 15.5 Å². The second-order valence-electron chi connectivity index (χ2n) is 2.79. The molecule has 0 aliphatic rings. The van der Waals surface area contributed by atoms with Gasteiger partial charge >= 0.3 is 7.60 Å². The van der Waals surface area contributed by atoms with Crippen molar-refractivity contribution in [3.63, 3.8) is 0 Å². The Bertz CT molecular complexity index is 227. The van der Waals surface area contributed by atoms with Crippen LogP contribution in [0.2, 0.25) is 0 Å². The fourth-order valence-electron chi connectivity index (χ4n) is 0.582. The van der Waals surface area contributed by atoms with E-state index in [0.717, 1.165) is 0 Å². The summed E-state index contributed by atoms with van der Waals surface area (Å²) in [6.45, 7) is 2.95. The molecule has 6 nitrogen and oxygen atoms in total. The average Bonchev–Trinajstić information content (AvgIpc) is 2.01. The molecule has 0 spiro atoms. The summed E-state index contributed by atoms with van der Waals surface area (Å²) in [5.74, 6) is -1.73. The van der Waals surface area contributed by atoms with Crippen LogP contribution in [0.5, 0.6) is 0 Å². The Hall–Kier alpha value is -0.420. The molecular formula is C6H15N2O4P. The summed E-state index contributed by atoms with van der Waals surface area (Å²) in [5, 5.41) is 2.14. The monoisotopic (exact) mass is 210 g/mol. The first kappa shape index (κ1) is 12.6. The summed E-state index contributed by atoms with van der Waals surface area (Å²) >= 11 is 0. The second-order valence-corrected chi connectivity index (χ2v) is 4.74. The molecule has 0 aromatic rings. The number of hydrogen-bond donors (Lipinski definition) is 4. The van der Waals surface area contributed by atoms with E-state index < -0.39 is 25.3 Å². The van der Waals surface area contributed by atoms with Crippen LogP contribution in [0, 0.1) is 0 Å². The lowest BCUT2D eigenvalue weighted by atomic mass is 10.2. The van der Waals surface area contributed by atoms with Gasteiger partial charge in [-0.3, -0.25) is 9.36 Å². The molecule has 1 unspecified atom stereocenters. The number of carbonyl (C=O) groups is 1. The van der Waals surface area contributed by atoms with Gasteiger partial charge in [-0.05, 0) is 13.3 Å².